The molecular formula is C17H23Cl2N. The van der Waals surface area contributed by atoms with Crippen LogP contribution in [-0.4, -0.2) is 12.6 Å². The Morgan fingerprint density at radius 2 is 1.95 bits per heavy atom. The Morgan fingerprint density at radius 1 is 1.15 bits per heavy atom. The van der Waals surface area contributed by atoms with Gasteiger partial charge in [-0.1, -0.05) is 48.7 Å². The first kappa shape index (κ1) is 14.7. The average Bonchev–Trinajstić information content (AvgIpc) is 3.25. The van der Waals surface area contributed by atoms with Crippen molar-refractivity contribution in [1.82, 2.24) is 5.32 Å². The number of hydrogen-bond acceptors (Lipinski definition) is 1. The normalized spacial score (nSPS) is 30.4. The van der Waals surface area contributed by atoms with E-state index < -0.39 is 0 Å². The number of hydrogen-bond donors (Lipinski definition) is 1. The topological polar surface area (TPSA) is 12.0 Å². The summed E-state index contributed by atoms with van der Waals surface area (Å²) in [4.78, 5) is 0. The quantitative estimate of drug-likeness (QED) is 0.799. The molecule has 3 rings (SSSR count). The van der Waals surface area contributed by atoms with E-state index in [1.165, 1.54) is 37.7 Å². The zero-order valence-corrected chi connectivity index (χ0v) is 13.6. The molecule has 1 nitrogen and oxygen atoms in total. The maximum absolute atomic E-state index is 6.46. The number of rotatable bonds is 4. The molecule has 2 aliphatic rings. The van der Waals surface area contributed by atoms with Gasteiger partial charge in [-0.2, -0.15) is 0 Å². The van der Waals surface area contributed by atoms with Crippen molar-refractivity contribution >= 4 is 23.2 Å². The van der Waals surface area contributed by atoms with Gasteiger partial charge in [0.25, 0.3) is 0 Å². The van der Waals surface area contributed by atoms with Gasteiger partial charge in [-0.05, 0) is 61.6 Å². The molecule has 1 aromatic rings. The molecule has 1 N–H and O–H groups in total. The van der Waals surface area contributed by atoms with Crippen LogP contribution in [0.15, 0.2) is 18.2 Å². The zero-order chi connectivity index (χ0) is 14.1. The highest BCUT2D eigenvalue weighted by Crippen LogP contribution is 2.44. The van der Waals surface area contributed by atoms with Gasteiger partial charge in [0.15, 0.2) is 0 Å². The van der Waals surface area contributed by atoms with E-state index in [2.05, 4.69) is 18.3 Å². The predicted molar refractivity (Wildman–Crippen MR) is 86.7 cm³/mol. The highest BCUT2D eigenvalue weighted by atomic mass is 35.5. The minimum Gasteiger partial charge on any atom is -0.314 e. The van der Waals surface area contributed by atoms with Crippen LogP contribution in [0.4, 0.5) is 0 Å². The number of halogens is 2. The first-order valence-electron chi connectivity index (χ1n) is 7.82. The van der Waals surface area contributed by atoms with E-state index in [0.717, 1.165) is 23.5 Å². The van der Waals surface area contributed by atoms with Gasteiger partial charge >= 0.3 is 0 Å². The van der Waals surface area contributed by atoms with Crippen molar-refractivity contribution in [2.45, 2.75) is 51.0 Å². The number of benzene rings is 1. The van der Waals surface area contributed by atoms with Crippen LogP contribution in [0.2, 0.25) is 10.0 Å². The summed E-state index contributed by atoms with van der Waals surface area (Å²) in [5, 5.41) is 5.16. The van der Waals surface area contributed by atoms with Crippen LogP contribution in [-0.2, 0) is 0 Å². The molecule has 0 aromatic heterocycles. The van der Waals surface area contributed by atoms with Crippen LogP contribution in [0.1, 0.15) is 50.5 Å². The smallest absolute Gasteiger partial charge is 0.0627 e. The summed E-state index contributed by atoms with van der Waals surface area (Å²) < 4.78 is 0. The molecule has 3 unspecified atom stereocenters. The van der Waals surface area contributed by atoms with Crippen LogP contribution in [0.3, 0.4) is 0 Å². The van der Waals surface area contributed by atoms with Crippen LogP contribution < -0.4 is 5.32 Å². The minimum atomic E-state index is 0.552. The molecule has 2 saturated carbocycles. The Kier molecular flexibility index (Phi) is 4.59. The van der Waals surface area contributed by atoms with E-state index in [4.69, 9.17) is 23.2 Å². The maximum atomic E-state index is 6.46. The lowest BCUT2D eigenvalue weighted by Crippen LogP contribution is -2.32. The Labute approximate surface area is 132 Å². The molecule has 0 amide bonds. The summed E-state index contributed by atoms with van der Waals surface area (Å²) in [6, 6.07) is 6.87. The zero-order valence-electron chi connectivity index (χ0n) is 12.0. The van der Waals surface area contributed by atoms with Crippen LogP contribution >= 0.6 is 23.2 Å². The molecule has 3 atom stereocenters. The lowest BCUT2D eigenvalue weighted by atomic mass is 9.71. The van der Waals surface area contributed by atoms with Gasteiger partial charge in [-0.15, -0.1) is 0 Å². The first-order valence-corrected chi connectivity index (χ1v) is 8.58. The predicted octanol–water partition coefficient (Wildman–Crippen LogP) is 5.27. The minimum absolute atomic E-state index is 0.552. The van der Waals surface area contributed by atoms with Gasteiger partial charge in [0.05, 0.1) is 10.0 Å². The fraction of sp³-hybridized carbons (Fsp3) is 0.647. The lowest BCUT2D eigenvalue weighted by Gasteiger charge is -2.36. The monoisotopic (exact) mass is 311 g/mol. The van der Waals surface area contributed by atoms with Gasteiger partial charge in [0, 0.05) is 6.04 Å². The van der Waals surface area contributed by atoms with Crippen molar-refractivity contribution in [3.63, 3.8) is 0 Å². The summed E-state index contributed by atoms with van der Waals surface area (Å²) in [6.07, 6.45) is 6.58. The van der Waals surface area contributed by atoms with Crippen LogP contribution in [0, 0.1) is 11.8 Å². The largest absolute Gasteiger partial charge is 0.314 e. The first-order chi connectivity index (χ1) is 9.65. The molecular weight excluding hydrogens is 289 g/mol. The Morgan fingerprint density at radius 3 is 2.70 bits per heavy atom. The van der Waals surface area contributed by atoms with E-state index >= 15 is 0 Å². The van der Waals surface area contributed by atoms with Gasteiger partial charge < -0.3 is 5.32 Å². The van der Waals surface area contributed by atoms with Crippen LogP contribution in [0.25, 0.3) is 0 Å². The average molecular weight is 312 g/mol. The van der Waals surface area contributed by atoms with E-state index in [1.807, 2.05) is 12.1 Å². The van der Waals surface area contributed by atoms with Crippen molar-refractivity contribution in [3.05, 3.63) is 33.8 Å². The molecule has 0 spiro atoms. The van der Waals surface area contributed by atoms with Gasteiger partial charge in [0.2, 0.25) is 0 Å². The molecule has 0 heterocycles. The molecule has 3 heteroatoms. The molecule has 20 heavy (non-hydrogen) atoms. The Hall–Kier alpha value is -0.240. The van der Waals surface area contributed by atoms with Crippen molar-refractivity contribution < 1.29 is 0 Å². The Bertz CT molecular complexity index is 470. The summed E-state index contributed by atoms with van der Waals surface area (Å²) in [5.41, 5.74) is 1.26. The van der Waals surface area contributed by atoms with E-state index in [0.29, 0.717) is 16.9 Å². The standard InChI is InChI=1S/C17H23Cl2N/c1-11-5-6-12(10-20-13-7-8-13)15(9-11)14-3-2-4-16(18)17(14)19/h2-4,11-13,15,20H,5-10H2,1H3. The lowest BCUT2D eigenvalue weighted by molar-refractivity contribution is 0.241. The Balaban J connectivity index is 1.79. The maximum Gasteiger partial charge on any atom is 0.0627 e. The molecule has 1 aromatic carbocycles. The third-order valence-corrected chi connectivity index (χ3v) is 5.72. The molecule has 0 saturated heterocycles. The molecule has 0 radical (unpaired) electrons. The van der Waals surface area contributed by atoms with Crippen molar-refractivity contribution in [3.8, 4) is 0 Å². The molecule has 2 fully saturated rings. The van der Waals surface area contributed by atoms with Crippen LogP contribution in [0.5, 0.6) is 0 Å². The fourth-order valence-electron chi connectivity index (χ4n) is 3.48. The summed E-state index contributed by atoms with van der Waals surface area (Å²) >= 11 is 12.7. The van der Waals surface area contributed by atoms with E-state index in [1.54, 1.807) is 0 Å². The third kappa shape index (κ3) is 3.32. The SMILES string of the molecule is CC1CCC(CNC2CC2)C(c2cccc(Cl)c2Cl)C1. The van der Waals surface area contributed by atoms with Gasteiger partial charge in [0.1, 0.15) is 0 Å². The fourth-order valence-corrected chi connectivity index (χ4v) is 3.93. The molecule has 110 valence electrons. The second-order valence-electron chi connectivity index (χ2n) is 6.61. The third-order valence-electron chi connectivity index (χ3n) is 4.88. The van der Waals surface area contributed by atoms with E-state index in [-0.39, 0.29) is 0 Å². The second kappa shape index (κ2) is 6.25. The van der Waals surface area contributed by atoms with Gasteiger partial charge in [-0.3, -0.25) is 0 Å². The summed E-state index contributed by atoms with van der Waals surface area (Å²) in [7, 11) is 0. The molecule has 0 bridgehead atoms. The van der Waals surface area contributed by atoms with Crippen molar-refractivity contribution in [1.29, 1.82) is 0 Å². The van der Waals surface area contributed by atoms with Crippen molar-refractivity contribution in [2.75, 3.05) is 6.54 Å². The molecule has 0 aliphatic heterocycles. The van der Waals surface area contributed by atoms with Crippen molar-refractivity contribution in [2.24, 2.45) is 11.8 Å². The highest BCUT2D eigenvalue weighted by molar-refractivity contribution is 6.42. The molecule has 2 aliphatic carbocycles. The van der Waals surface area contributed by atoms with Gasteiger partial charge in [-0.25, -0.2) is 0 Å². The number of nitrogens with one attached hydrogen (secondary N) is 1. The summed E-state index contributed by atoms with van der Waals surface area (Å²) in [5.74, 6) is 2.03. The summed E-state index contributed by atoms with van der Waals surface area (Å²) in [6.45, 7) is 3.49. The second-order valence-corrected chi connectivity index (χ2v) is 7.40. The van der Waals surface area contributed by atoms with E-state index in [9.17, 15) is 0 Å². The highest BCUT2D eigenvalue weighted by Gasteiger charge is 2.32.